The summed E-state index contributed by atoms with van der Waals surface area (Å²) < 4.78 is 43.5. The first-order valence-corrected chi connectivity index (χ1v) is 8.30. The molecule has 1 aliphatic heterocycles. The van der Waals surface area contributed by atoms with Crippen molar-refractivity contribution in [3.05, 3.63) is 65.1 Å². The van der Waals surface area contributed by atoms with Crippen LogP contribution >= 0.6 is 0 Å². The highest BCUT2D eigenvalue weighted by molar-refractivity contribution is 5.99. The Labute approximate surface area is 157 Å². The number of pyridine rings is 1. The van der Waals surface area contributed by atoms with Gasteiger partial charge in [0, 0.05) is 30.9 Å². The zero-order valence-corrected chi connectivity index (χ0v) is 14.6. The molecule has 1 aliphatic rings. The fourth-order valence-corrected chi connectivity index (χ4v) is 3.02. The third kappa shape index (κ3) is 3.33. The molecule has 0 bridgehead atoms. The largest absolute Gasteiger partial charge is 0.415 e. The zero-order chi connectivity index (χ0) is 19.8. The van der Waals surface area contributed by atoms with Crippen LogP contribution in [-0.2, 0) is 13.1 Å². The van der Waals surface area contributed by atoms with Gasteiger partial charge in [0.2, 0.25) is 11.8 Å². The molecule has 0 radical (unpaired) electrons. The van der Waals surface area contributed by atoms with E-state index in [4.69, 9.17) is 4.42 Å². The van der Waals surface area contributed by atoms with E-state index >= 15 is 0 Å². The van der Waals surface area contributed by atoms with E-state index in [1.54, 1.807) is 36.3 Å². The lowest BCUT2D eigenvalue weighted by molar-refractivity contribution is 0.00268. The number of carbonyl (C=O) groups is 1. The normalized spacial score (nSPS) is 13.6. The van der Waals surface area contributed by atoms with E-state index in [-0.39, 0.29) is 11.8 Å². The van der Waals surface area contributed by atoms with E-state index in [1.165, 1.54) is 17.3 Å². The van der Waals surface area contributed by atoms with Crippen LogP contribution in [0.3, 0.4) is 0 Å². The van der Waals surface area contributed by atoms with Crippen molar-refractivity contribution in [3.63, 3.8) is 0 Å². The highest BCUT2D eigenvalue weighted by atomic mass is 19.3. The summed E-state index contributed by atoms with van der Waals surface area (Å²) in [6, 6.07) is 7.87. The van der Waals surface area contributed by atoms with Gasteiger partial charge in [-0.05, 0) is 35.4 Å². The van der Waals surface area contributed by atoms with Crippen molar-refractivity contribution in [2.45, 2.75) is 19.5 Å². The Hall–Kier alpha value is -3.27. The third-order valence-corrected chi connectivity index (χ3v) is 4.38. The maximum absolute atomic E-state index is 13.3. The number of nitrogens with zero attached hydrogens (tertiary/aromatic N) is 5. The Balaban J connectivity index is 1.54. The van der Waals surface area contributed by atoms with Crippen molar-refractivity contribution in [1.82, 2.24) is 25.2 Å². The van der Waals surface area contributed by atoms with Gasteiger partial charge in [-0.2, -0.15) is 13.2 Å². The second kappa shape index (κ2) is 7.04. The molecule has 3 heterocycles. The molecule has 2 aromatic heterocycles. The second-order valence-electron chi connectivity index (χ2n) is 6.28. The average Bonchev–Trinajstić information content (AvgIpc) is 3.27. The number of amides is 1. The first kappa shape index (κ1) is 18.1. The van der Waals surface area contributed by atoms with Crippen molar-refractivity contribution in [2.75, 3.05) is 7.05 Å². The molecule has 0 fully saturated rings. The van der Waals surface area contributed by atoms with E-state index in [9.17, 15) is 18.0 Å². The summed E-state index contributed by atoms with van der Waals surface area (Å²) in [5.74, 6) is -1.70. The predicted octanol–water partition coefficient (Wildman–Crippen LogP) is 3.21. The molecule has 0 unspecified atom stereocenters. The summed E-state index contributed by atoms with van der Waals surface area (Å²) >= 11 is 0. The molecule has 0 aliphatic carbocycles. The van der Waals surface area contributed by atoms with Crippen LogP contribution in [0.1, 0.15) is 33.8 Å². The highest BCUT2D eigenvalue weighted by Gasteiger charge is 2.31. The molecule has 0 saturated carbocycles. The number of alkyl halides is 2. The van der Waals surface area contributed by atoms with Crippen LogP contribution in [0.4, 0.5) is 13.2 Å². The number of rotatable bonds is 5. The van der Waals surface area contributed by atoms with E-state index < -0.39 is 18.3 Å². The quantitative estimate of drug-likeness (QED) is 0.624. The average molecular weight is 389 g/mol. The molecule has 3 aromatic rings. The number of aromatic nitrogens is 3. The number of hydrogen-bond acceptors (Lipinski definition) is 6. The molecule has 4 rings (SSSR count). The molecule has 28 heavy (non-hydrogen) atoms. The minimum atomic E-state index is -2.86. The van der Waals surface area contributed by atoms with Gasteiger partial charge in [0.1, 0.15) is 0 Å². The third-order valence-electron chi connectivity index (χ3n) is 4.38. The molecule has 0 N–H and O–H groups in total. The van der Waals surface area contributed by atoms with Gasteiger partial charge in [0.05, 0.1) is 6.54 Å². The minimum Gasteiger partial charge on any atom is -0.415 e. The lowest BCUT2D eigenvalue weighted by Crippen LogP contribution is -2.39. The van der Waals surface area contributed by atoms with Gasteiger partial charge in [0.15, 0.2) is 0 Å². The van der Waals surface area contributed by atoms with Crippen LogP contribution < -0.4 is 0 Å². The molecule has 0 atom stereocenters. The molecule has 1 aromatic carbocycles. The Morgan fingerprint density at radius 3 is 2.79 bits per heavy atom. The van der Waals surface area contributed by atoms with Crippen molar-refractivity contribution >= 4 is 5.91 Å². The maximum atomic E-state index is 13.3. The number of fused-ring (bicyclic) bond motifs is 1. The Kier molecular flexibility index (Phi) is 4.55. The van der Waals surface area contributed by atoms with Crippen LogP contribution in [0.5, 0.6) is 0 Å². The minimum absolute atomic E-state index is 0.0787. The van der Waals surface area contributed by atoms with Gasteiger partial charge in [-0.25, -0.2) is 9.99 Å². The summed E-state index contributed by atoms with van der Waals surface area (Å²) in [4.78, 5) is 16.3. The molecular weight excluding hydrogens is 375 g/mol. The molecule has 10 heteroatoms. The predicted molar refractivity (Wildman–Crippen MR) is 90.2 cm³/mol. The zero-order valence-electron chi connectivity index (χ0n) is 14.6. The summed E-state index contributed by atoms with van der Waals surface area (Å²) in [5.41, 5.74) is 2.24. The van der Waals surface area contributed by atoms with Crippen molar-refractivity contribution < 1.29 is 22.4 Å². The van der Waals surface area contributed by atoms with Gasteiger partial charge < -0.3 is 4.42 Å². The van der Waals surface area contributed by atoms with Crippen LogP contribution in [0, 0.1) is 5.95 Å². The number of hydrogen-bond donors (Lipinski definition) is 0. The molecular formula is C18H14F3N5O2. The van der Waals surface area contributed by atoms with E-state index in [1.807, 2.05) is 0 Å². The molecule has 0 spiro atoms. The molecule has 144 valence electrons. The standard InChI is InChI=1S/C18H14F3N5O2/c1-25(8-10-4-5-22-14(19)6-10)26-9-12-3-2-11(7-13(12)18(26)27)16-23-24-17(28-16)15(20)21/h2-7,15H,8-9H2,1H3. The molecule has 7 nitrogen and oxygen atoms in total. The molecule has 1 amide bonds. The van der Waals surface area contributed by atoms with E-state index in [0.717, 1.165) is 5.56 Å². The number of hydrazine groups is 1. The SMILES string of the molecule is CN(Cc1ccnc(F)c1)N1Cc2ccc(-c3nnc(C(F)F)o3)cc2C1=O. The summed E-state index contributed by atoms with van der Waals surface area (Å²) in [5, 5.41) is 10.1. The fourth-order valence-electron chi connectivity index (χ4n) is 3.02. The maximum Gasteiger partial charge on any atom is 0.314 e. The van der Waals surface area contributed by atoms with Crippen LogP contribution in [-0.4, -0.2) is 38.2 Å². The fraction of sp³-hybridized carbons (Fsp3) is 0.222. The van der Waals surface area contributed by atoms with Crippen molar-refractivity contribution in [3.8, 4) is 11.5 Å². The van der Waals surface area contributed by atoms with Gasteiger partial charge in [0.25, 0.3) is 11.8 Å². The summed E-state index contributed by atoms with van der Waals surface area (Å²) in [6.07, 6.45) is -1.50. The number of benzene rings is 1. The highest BCUT2D eigenvalue weighted by Crippen LogP contribution is 2.30. The Bertz CT molecular complexity index is 1040. The summed E-state index contributed by atoms with van der Waals surface area (Å²) in [6.45, 7) is 0.651. The van der Waals surface area contributed by atoms with Gasteiger partial charge in [-0.1, -0.05) is 6.07 Å². The van der Waals surface area contributed by atoms with Crippen LogP contribution in [0.25, 0.3) is 11.5 Å². The van der Waals surface area contributed by atoms with E-state index in [0.29, 0.717) is 29.8 Å². The van der Waals surface area contributed by atoms with Gasteiger partial charge in [-0.15, -0.1) is 10.2 Å². The first-order chi connectivity index (χ1) is 13.4. The monoisotopic (exact) mass is 389 g/mol. The summed E-state index contributed by atoms with van der Waals surface area (Å²) in [7, 11) is 1.72. The number of carbonyl (C=O) groups excluding carboxylic acids is 1. The first-order valence-electron chi connectivity index (χ1n) is 8.30. The van der Waals surface area contributed by atoms with Crippen LogP contribution in [0.2, 0.25) is 0 Å². The van der Waals surface area contributed by atoms with Crippen LogP contribution in [0.15, 0.2) is 40.9 Å². The van der Waals surface area contributed by atoms with E-state index in [2.05, 4.69) is 15.2 Å². The van der Waals surface area contributed by atoms with Crippen molar-refractivity contribution in [1.29, 1.82) is 0 Å². The second-order valence-corrected chi connectivity index (χ2v) is 6.28. The van der Waals surface area contributed by atoms with Gasteiger partial charge >= 0.3 is 6.43 Å². The topological polar surface area (TPSA) is 75.4 Å². The smallest absolute Gasteiger partial charge is 0.314 e. The Morgan fingerprint density at radius 1 is 1.25 bits per heavy atom. The van der Waals surface area contributed by atoms with Crippen molar-refractivity contribution in [2.24, 2.45) is 0 Å². The van der Waals surface area contributed by atoms with Gasteiger partial charge in [-0.3, -0.25) is 9.80 Å². The lowest BCUT2D eigenvalue weighted by atomic mass is 10.1. The Morgan fingerprint density at radius 2 is 2.07 bits per heavy atom. The molecule has 0 saturated heterocycles. The number of halogens is 3. The lowest BCUT2D eigenvalue weighted by Gasteiger charge is -2.27.